The van der Waals surface area contributed by atoms with Crippen LogP contribution in [0.2, 0.25) is 0 Å². The van der Waals surface area contributed by atoms with Gasteiger partial charge in [-0.25, -0.2) is 4.98 Å². The highest BCUT2D eigenvalue weighted by Crippen LogP contribution is 2.37. The Morgan fingerprint density at radius 3 is 2.91 bits per heavy atom. The second kappa shape index (κ2) is 4.75. The largest absolute Gasteiger partial charge is 0.438 e. The lowest BCUT2D eigenvalue weighted by Crippen LogP contribution is -2.35. The summed E-state index contributed by atoms with van der Waals surface area (Å²) in [5, 5.41) is 11.5. The van der Waals surface area contributed by atoms with Crippen LogP contribution in [0.5, 0.6) is 0 Å². The van der Waals surface area contributed by atoms with Crippen LogP contribution < -0.4 is 4.90 Å². The number of anilines is 1. The van der Waals surface area contributed by atoms with Crippen molar-refractivity contribution in [2.45, 2.75) is 20.0 Å². The second-order valence-electron chi connectivity index (χ2n) is 5.89. The smallest absolute Gasteiger partial charge is 0.227 e. The fourth-order valence-electron chi connectivity index (χ4n) is 3.17. The van der Waals surface area contributed by atoms with Gasteiger partial charge < -0.3 is 14.2 Å². The van der Waals surface area contributed by atoms with Crippen LogP contribution in [0.4, 0.5) is 5.69 Å². The molecule has 3 aromatic rings. The minimum Gasteiger partial charge on any atom is -0.438 e. The Kier molecular flexibility index (Phi) is 2.82. The Bertz CT molecular complexity index is 995. The van der Waals surface area contributed by atoms with E-state index in [0.29, 0.717) is 11.4 Å². The lowest BCUT2D eigenvalue weighted by atomic mass is 10.1. The minimum atomic E-state index is 0.0864. The van der Waals surface area contributed by atoms with E-state index in [1.165, 1.54) is 0 Å². The molecule has 23 heavy (non-hydrogen) atoms. The van der Waals surface area contributed by atoms with Gasteiger partial charge in [-0.05, 0) is 37.6 Å². The third-order valence-electron chi connectivity index (χ3n) is 4.49. The number of aromatic nitrogens is 1. The lowest BCUT2D eigenvalue weighted by molar-refractivity contribution is 0.382. The topological polar surface area (TPSA) is 56.3 Å². The van der Waals surface area contributed by atoms with E-state index in [0.717, 1.165) is 27.6 Å². The summed E-state index contributed by atoms with van der Waals surface area (Å²) in [6.07, 6.45) is 3.68. The number of aryl methyl sites for hydroxylation is 1. The van der Waals surface area contributed by atoms with Crippen LogP contribution in [-0.2, 0) is 0 Å². The zero-order chi connectivity index (χ0) is 16.1. The normalized spacial score (nSPS) is 17.8. The van der Waals surface area contributed by atoms with Crippen LogP contribution in [0, 0.1) is 18.3 Å². The zero-order valence-electron chi connectivity index (χ0n) is 13.2. The molecule has 5 heteroatoms. The number of benzene rings is 1. The van der Waals surface area contributed by atoms with Crippen molar-refractivity contribution in [3.63, 3.8) is 0 Å². The maximum atomic E-state index is 9.43. The second-order valence-corrected chi connectivity index (χ2v) is 5.89. The van der Waals surface area contributed by atoms with Crippen molar-refractivity contribution in [3.05, 3.63) is 47.9 Å². The van der Waals surface area contributed by atoms with Gasteiger partial charge in [0.15, 0.2) is 0 Å². The predicted octanol–water partition coefficient (Wildman–Crippen LogP) is 3.75. The molecular weight excluding hydrogens is 288 g/mol. The average Bonchev–Trinajstić information content (AvgIpc) is 3.04. The molecule has 1 aliphatic heterocycles. The Hall–Kier alpha value is -3.00. The first-order valence-corrected chi connectivity index (χ1v) is 7.51. The molecule has 1 atom stereocenters. The Balaban J connectivity index is 1.95. The Morgan fingerprint density at radius 1 is 1.30 bits per heavy atom. The summed E-state index contributed by atoms with van der Waals surface area (Å²) in [5.74, 6) is 0. The first-order valence-electron chi connectivity index (χ1n) is 7.51. The Morgan fingerprint density at radius 2 is 2.13 bits per heavy atom. The van der Waals surface area contributed by atoms with Crippen molar-refractivity contribution >= 4 is 27.8 Å². The van der Waals surface area contributed by atoms with Crippen molar-refractivity contribution in [2.24, 2.45) is 0 Å². The van der Waals surface area contributed by atoms with E-state index in [-0.39, 0.29) is 6.17 Å². The highest BCUT2D eigenvalue weighted by atomic mass is 16.3. The van der Waals surface area contributed by atoms with Gasteiger partial charge in [0, 0.05) is 36.3 Å². The molecule has 0 spiro atoms. The number of pyridine rings is 1. The van der Waals surface area contributed by atoms with Crippen LogP contribution in [0.15, 0.2) is 46.8 Å². The summed E-state index contributed by atoms with van der Waals surface area (Å²) in [4.78, 5) is 8.35. The van der Waals surface area contributed by atoms with E-state index < -0.39 is 0 Å². The Labute approximate surface area is 134 Å². The molecule has 0 bridgehead atoms. The maximum Gasteiger partial charge on any atom is 0.227 e. The van der Waals surface area contributed by atoms with Crippen LogP contribution in [0.1, 0.15) is 12.5 Å². The van der Waals surface area contributed by atoms with Gasteiger partial charge >= 0.3 is 0 Å². The third-order valence-corrected chi connectivity index (χ3v) is 4.49. The van der Waals surface area contributed by atoms with E-state index >= 15 is 0 Å². The zero-order valence-corrected chi connectivity index (χ0v) is 13.2. The first-order chi connectivity index (χ1) is 11.1. The van der Waals surface area contributed by atoms with Gasteiger partial charge in [-0.2, -0.15) is 5.26 Å². The van der Waals surface area contributed by atoms with Crippen molar-refractivity contribution < 1.29 is 4.42 Å². The van der Waals surface area contributed by atoms with Crippen molar-refractivity contribution in [2.75, 3.05) is 11.9 Å². The van der Waals surface area contributed by atoms with Gasteiger partial charge in [0.2, 0.25) is 5.71 Å². The number of rotatable bonds is 1. The summed E-state index contributed by atoms with van der Waals surface area (Å²) >= 11 is 0. The lowest BCUT2D eigenvalue weighted by Gasteiger charge is -2.29. The van der Waals surface area contributed by atoms with Gasteiger partial charge in [-0.3, -0.25) is 0 Å². The van der Waals surface area contributed by atoms with Crippen LogP contribution in [0.25, 0.3) is 22.1 Å². The first kappa shape index (κ1) is 13.6. The van der Waals surface area contributed by atoms with Crippen molar-refractivity contribution in [1.29, 1.82) is 5.26 Å². The number of hydrogen-bond acceptors (Lipinski definition) is 5. The van der Waals surface area contributed by atoms with E-state index in [2.05, 4.69) is 31.0 Å². The number of nitriles is 1. The SMILES string of the molecule is Cc1cc2c(cc1N1C(C#N)=CN(C)[C@@H]1C)oc1ncccc12. The number of hydrogen-bond donors (Lipinski definition) is 0. The third kappa shape index (κ3) is 1.88. The predicted molar refractivity (Wildman–Crippen MR) is 89.7 cm³/mol. The number of furan rings is 1. The molecule has 0 radical (unpaired) electrons. The van der Waals surface area contributed by atoms with Gasteiger partial charge in [-0.15, -0.1) is 0 Å². The standard InChI is InChI=1S/C18H16N4O/c1-11-7-15-14-5-4-6-20-18(14)23-17(15)8-16(11)22-12(2)21(3)10-13(22)9-19/h4-8,10,12H,1-3H3/t12-/m0/s1. The highest BCUT2D eigenvalue weighted by molar-refractivity contribution is 6.05. The number of allylic oxidation sites excluding steroid dienone is 1. The molecule has 0 N–H and O–H groups in total. The van der Waals surface area contributed by atoms with Gasteiger partial charge in [0.25, 0.3) is 0 Å². The molecule has 1 aliphatic rings. The molecule has 0 saturated carbocycles. The highest BCUT2D eigenvalue weighted by Gasteiger charge is 2.29. The molecule has 3 heterocycles. The average molecular weight is 304 g/mol. The molecule has 4 rings (SSSR count). The molecular formula is C18H16N4O. The molecule has 0 fully saturated rings. The number of fused-ring (bicyclic) bond motifs is 3. The van der Waals surface area contributed by atoms with Gasteiger partial charge in [0.05, 0.1) is 5.69 Å². The summed E-state index contributed by atoms with van der Waals surface area (Å²) in [7, 11) is 1.97. The van der Waals surface area contributed by atoms with E-state index in [4.69, 9.17) is 4.42 Å². The molecule has 2 aromatic heterocycles. The molecule has 0 saturated heterocycles. The van der Waals surface area contributed by atoms with E-state index in [1.807, 2.05) is 41.2 Å². The monoisotopic (exact) mass is 304 g/mol. The molecule has 0 aliphatic carbocycles. The molecule has 0 unspecified atom stereocenters. The quantitative estimate of drug-likeness (QED) is 0.685. The fraction of sp³-hybridized carbons (Fsp3) is 0.222. The summed E-state index contributed by atoms with van der Waals surface area (Å²) in [5.41, 5.74) is 4.16. The van der Waals surface area contributed by atoms with Crippen LogP contribution in [0.3, 0.4) is 0 Å². The summed E-state index contributed by atoms with van der Waals surface area (Å²) in [6.45, 7) is 4.13. The van der Waals surface area contributed by atoms with Gasteiger partial charge in [-0.1, -0.05) is 0 Å². The van der Waals surface area contributed by atoms with Crippen molar-refractivity contribution in [1.82, 2.24) is 9.88 Å². The van der Waals surface area contributed by atoms with E-state index in [1.54, 1.807) is 6.20 Å². The molecule has 0 amide bonds. The number of nitrogens with zero attached hydrogens (tertiary/aromatic N) is 4. The fourth-order valence-corrected chi connectivity index (χ4v) is 3.17. The molecule has 5 nitrogen and oxygen atoms in total. The van der Waals surface area contributed by atoms with Gasteiger partial charge in [0.1, 0.15) is 23.5 Å². The van der Waals surface area contributed by atoms with Crippen LogP contribution >= 0.6 is 0 Å². The van der Waals surface area contributed by atoms with Crippen LogP contribution in [-0.4, -0.2) is 23.1 Å². The molecule has 114 valence electrons. The summed E-state index contributed by atoms with van der Waals surface area (Å²) in [6, 6.07) is 10.3. The minimum absolute atomic E-state index is 0.0864. The van der Waals surface area contributed by atoms with Crippen molar-refractivity contribution in [3.8, 4) is 6.07 Å². The summed E-state index contributed by atoms with van der Waals surface area (Å²) < 4.78 is 5.88. The maximum absolute atomic E-state index is 9.43. The molecule has 1 aromatic carbocycles. The van der Waals surface area contributed by atoms with E-state index in [9.17, 15) is 5.26 Å².